The number of rotatable bonds is 6. The fraction of sp³-hybridized carbons (Fsp3) is 0.167. The van der Waals surface area contributed by atoms with Crippen LogP contribution in [0.15, 0.2) is 61.1 Å². The van der Waals surface area contributed by atoms with E-state index in [0.29, 0.717) is 18.1 Å². The second-order valence-electron chi connectivity index (χ2n) is 4.49. The summed E-state index contributed by atoms with van der Waals surface area (Å²) in [5, 5.41) is 7.67. The van der Waals surface area contributed by atoms with Crippen LogP contribution in [0.1, 0.15) is 6.92 Å². The fourth-order valence-corrected chi connectivity index (χ4v) is 1.98. The van der Waals surface area contributed by atoms with Crippen molar-refractivity contribution in [2.24, 2.45) is 0 Å². The van der Waals surface area contributed by atoms with Gasteiger partial charge < -0.3 is 18.9 Å². The van der Waals surface area contributed by atoms with E-state index in [4.69, 9.17) is 24.4 Å². The highest BCUT2D eigenvalue weighted by atomic mass is 16.7. The van der Waals surface area contributed by atoms with Crippen molar-refractivity contribution in [1.29, 1.82) is 5.41 Å². The molecule has 5 heteroatoms. The minimum atomic E-state index is -0.250. The topological polar surface area (TPSA) is 60.8 Å². The molecule has 0 aliphatic heterocycles. The molecule has 0 spiro atoms. The van der Waals surface area contributed by atoms with Gasteiger partial charge in [-0.2, -0.15) is 0 Å². The van der Waals surface area contributed by atoms with E-state index >= 15 is 0 Å². The Kier molecular flexibility index (Phi) is 5.63. The average molecular weight is 313 g/mol. The predicted molar refractivity (Wildman–Crippen MR) is 88.6 cm³/mol. The molecule has 0 radical (unpaired) electrons. The molecule has 0 bridgehead atoms. The van der Waals surface area contributed by atoms with Crippen molar-refractivity contribution in [3.05, 3.63) is 61.1 Å². The van der Waals surface area contributed by atoms with E-state index in [0.717, 1.165) is 11.1 Å². The maximum Gasteiger partial charge on any atom is 0.386 e. The summed E-state index contributed by atoms with van der Waals surface area (Å²) in [6.07, 6.45) is -0.250. The van der Waals surface area contributed by atoms with Gasteiger partial charge >= 0.3 is 6.08 Å². The molecule has 0 fully saturated rings. The lowest BCUT2D eigenvalue weighted by Gasteiger charge is -2.15. The third-order valence-corrected chi connectivity index (χ3v) is 2.99. The van der Waals surface area contributed by atoms with Crippen LogP contribution >= 0.6 is 0 Å². The molecule has 2 aromatic rings. The molecule has 0 saturated heterocycles. The van der Waals surface area contributed by atoms with E-state index in [2.05, 4.69) is 6.58 Å². The van der Waals surface area contributed by atoms with Crippen LogP contribution in [0.4, 0.5) is 0 Å². The van der Waals surface area contributed by atoms with E-state index < -0.39 is 0 Å². The Morgan fingerprint density at radius 2 is 1.48 bits per heavy atom. The highest BCUT2D eigenvalue weighted by Crippen LogP contribution is 2.36. The van der Waals surface area contributed by atoms with Crippen molar-refractivity contribution in [3.63, 3.8) is 0 Å². The van der Waals surface area contributed by atoms with Gasteiger partial charge in [-0.15, -0.1) is 0 Å². The Bertz CT molecular complexity index is 697. The van der Waals surface area contributed by atoms with E-state index in [9.17, 15) is 0 Å². The number of benzene rings is 2. The molecule has 1 N–H and O–H groups in total. The third kappa shape index (κ3) is 4.26. The third-order valence-electron chi connectivity index (χ3n) is 2.99. The normalized spacial score (nSPS) is 9.83. The minimum absolute atomic E-state index is 0.193. The maximum atomic E-state index is 7.67. The number of para-hydroxylation sites is 2. The van der Waals surface area contributed by atoms with Gasteiger partial charge in [0.25, 0.3) is 5.95 Å². The van der Waals surface area contributed by atoms with E-state index in [-0.39, 0.29) is 12.0 Å². The lowest BCUT2D eigenvalue weighted by atomic mass is 10.0. The van der Waals surface area contributed by atoms with Crippen LogP contribution < -0.4 is 9.47 Å². The number of methoxy groups -OCH3 is 1. The SMILES string of the molecule is C=C(OC)Oc1ccccc1-c1ccccc1OC(=N)OCC. The Labute approximate surface area is 135 Å². The molecule has 0 atom stereocenters. The molecule has 23 heavy (non-hydrogen) atoms. The monoisotopic (exact) mass is 313 g/mol. The summed E-state index contributed by atoms with van der Waals surface area (Å²) in [5.41, 5.74) is 1.57. The number of nitrogens with one attached hydrogen (secondary N) is 1. The van der Waals surface area contributed by atoms with Crippen molar-refractivity contribution < 1.29 is 18.9 Å². The summed E-state index contributed by atoms with van der Waals surface area (Å²) in [6.45, 7) is 5.83. The Morgan fingerprint density at radius 3 is 2.00 bits per heavy atom. The summed E-state index contributed by atoms with van der Waals surface area (Å²) in [5.74, 6) is 1.28. The zero-order valence-corrected chi connectivity index (χ0v) is 13.2. The van der Waals surface area contributed by atoms with E-state index in [1.807, 2.05) is 42.5 Å². The molecule has 0 aromatic heterocycles. The maximum absolute atomic E-state index is 7.67. The highest BCUT2D eigenvalue weighted by Gasteiger charge is 2.14. The molecule has 0 amide bonds. The summed E-state index contributed by atoms with van der Waals surface area (Å²) >= 11 is 0. The van der Waals surface area contributed by atoms with Gasteiger partial charge in [-0.25, -0.2) is 5.41 Å². The van der Waals surface area contributed by atoms with Gasteiger partial charge in [0.15, 0.2) is 0 Å². The first kappa shape index (κ1) is 16.4. The summed E-state index contributed by atoms with van der Waals surface area (Å²) in [6, 6.07) is 14.8. The van der Waals surface area contributed by atoms with Gasteiger partial charge in [-0.3, -0.25) is 0 Å². The van der Waals surface area contributed by atoms with Crippen LogP contribution in [0.5, 0.6) is 11.5 Å². The zero-order valence-electron chi connectivity index (χ0n) is 13.2. The van der Waals surface area contributed by atoms with Crippen LogP contribution in [-0.2, 0) is 9.47 Å². The molecule has 0 aliphatic rings. The molecular weight excluding hydrogens is 294 g/mol. The number of hydrogen-bond donors (Lipinski definition) is 1. The largest absolute Gasteiger partial charge is 0.469 e. The molecule has 0 aliphatic carbocycles. The van der Waals surface area contributed by atoms with Crippen LogP contribution in [0.2, 0.25) is 0 Å². The first-order chi connectivity index (χ1) is 11.2. The summed E-state index contributed by atoms with van der Waals surface area (Å²) in [4.78, 5) is 0. The summed E-state index contributed by atoms with van der Waals surface area (Å²) < 4.78 is 21.1. The average Bonchev–Trinajstić information content (AvgIpc) is 2.56. The Balaban J connectivity index is 2.39. The standard InChI is InChI=1S/C18H19NO4/c1-4-21-18(19)23-17-12-8-6-10-15(17)14-9-5-7-11-16(14)22-13(2)20-3/h5-12,19H,2,4H2,1,3H3. The summed E-state index contributed by atoms with van der Waals surface area (Å²) in [7, 11) is 1.49. The van der Waals surface area contributed by atoms with Crippen LogP contribution in [0.3, 0.4) is 0 Å². The molecule has 2 aromatic carbocycles. The number of hydrogen-bond acceptors (Lipinski definition) is 5. The van der Waals surface area contributed by atoms with Crippen molar-refractivity contribution in [3.8, 4) is 22.6 Å². The second kappa shape index (κ2) is 7.89. The van der Waals surface area contributed by atoms with Crippen molar-refractivity contribution >= 4 is 6.08 Å². The van der Waals surface area contributed by atoms with E-state index in [1.54, 1.807) is 13.0 Å². The molecule has 2 rings (SSSR count). The first-order valence-electron chi connectivity index (χ1n) is 7.14. The molecule has 5 nitrogen and oxygen atoms in total. The predicted octanol–water partition coefficient (Wildman–Crippen LogP) is 4.20. The minimum Gasteiger partial charge on any atom is -0.469 e. The van der Waals surface area contributed by atoms with Crippen LogP contribution in [0, 0.1) is 5.41 Å². The van der Waals surface area contributed by atoms with Crippen LogP contribution in [-0.4, -0.2) is 19.8 Å². The molecule has 0 heterocycles. The molecule has 0 saturated carbocycles. The molecular formula is C18H19NO4. The van der Waals surface area contributed by atoms with Gasteiger partial charge in [-0.05, 0) is 25.6 Å². The zero-order chi connectivity index (χ0) is 16.7. The van der Waals surface area contributed by atoms with Crippen LogP contribution in [0.25, 0.3) is 11.1 Å². The second-order valence-corrected chi connectivity index (χ2v) is 4.49. The van der Waals surface area contributed by atoms with Crippen molar-refractivity contribution in [1.82, 2.24) is 0 Å². The van der Waals surface area contributed by atoms with Crippen molar-refractivity contribution in [2.75, 3.05) is 13.7 Å². The van der Waals surface area contributed by atoms with Gasteiger partial charge in [0, 0.05) is 11.1 Å². The lowest BCUT2D eigenvalue weighted by molar-refractivity contribution is 0.154. The van der Waals surface area contributed by atoms with Gasteiger partial charge in [-0.1, -0.05) is 36.4 Å². The first-order valence-corrected chi connectivity index (χ1v) is 7.14. The quantitative estimate of drug-likeness (QED) is 0.493. The number of ether oxygens (including phenoxy) is 4. The Morgan fingerprint density at radius 1 is 0.957 bits per heavy atom. The van der Waals surface area contributed by atoms with Crippen molar-refractivity contribution in [2.45, 2.75) is 6.92 Å². The van der Waals surface area contributed by atoms with Gasteiger partial charge in [0.1, 0.15) is 11.5 Å². The highest BCUT2D eigenvalue weighted by molar-refractivity contribution is 5.79. The molecule has 120 valence electrons. The Hall–Kier alpha value is -2.95. The smallest absolute Gasteiger partial charge is 0.386 e. The van der Waals surface area contributed by atoms with Gasteiger partial charge in [0.05, 0.1) is 13.7 Å². The fourth-order valence-electron chi connectivity index (χ4n) is 1.98. The lowest BCUT2D eigenvalue weighted by Crippen LogP contribution is -2.11. The van der Waals surface area contributed by atoms with E-state index in [1.165, 1.54) is 7.11 Å². The molecule has 0 unspecified atom stereocenters. The van der Waals surface area contributed by atoms with Gasteiger partial charge in [0.2, 0.25) is 0 Å².